The lowest BCUT2D eigenvalue weighted by molar-refractivity contribution is -0.120. The third-order valence-electron chi connectivity index (χ3n) is 4.46. The van der Waals surface area contributed by atoms with E-state index in [1.54, 1.807) is 11.3 Å². The summed E-state index contributed by atoms with van der Waals surface area (Å²) in [5.41, 5.74) is 2.57. The molecule has 1 N–H and O–H groups in total. The summed E-state index contributed by atoms with van der Waals surface area (Å²) < 4.78 is 0. The molecule has 2 heterocycles. The fraction of sp³-hybridized carbons (Fsp3) is 0.421. The molecule has 0 bridgehead atoms. The molecule has 0 radical (unpaired) electrons. The van der Waals surface area contributed by atoms with Crippen LogP contribution in [0.1, 0.15) is 10.4 Å². The first-order valence-corrected chi connectivity index (χ1v) is 9.40. The zero-order chi connectivity index (χ0) is 16.8. The third-order valence-corrected chi connectivity index (χ3v) is 5.33. The first-order chi connectivity index (χ1) is 11.7. The maximum atomic E-state index is 11.9. The quantitative estimate of drug-likeness (QED) is 0.875. The monoisotopic (exact) mass is 343 g/mol. The van der Waals surface area contributed by atoms with Crippen LogP contribution in [-0.2, 0) is 17.6 Å². The minimum atomic E-state index is 0.103. The van der Waals surface area contributed by atoms with Crippen molar-refractivity contribution in [1.82, 2.24) is 10.2 Å². The highest BCUT2D eigenvalue weighted by Crippen LogP contribution is 2.17. The van der Waals surface area contributed by atoms with E-state index in [4.69, 9.17) is 0 Å². The van der Waals surface area contributed by atoms with Crippen LogP contribution in [0.3, 0.4) is 0 Å². The van der Waals surface area contributed by atoms with Gasteiger partial charge in [0.1, 0.15) is 0 Å². The fourth-order valence-electron chi connectivity index (χ4n) is 2.92. The zero-order valence-electron chi connectivity index (χ0n) is 14.2. The van der Waals surface area contributed by atoms with Crippen molar-refractivity contribution < 1.29 is 4.79 Å². The predicted octanol–water partition coefficient (Wildman–Crippen LogP) is 2.40. The number of piperazine rings is 1. The van der Waals surface area contributed by atoms with E-state index in [2.05, 4.69) is 46.4 Å². The standard InChI is InChI=1S/C19H25N3OS/c1-21-10-12-22(13-11-21)17-6-4-16(5-7-17)8-9-20-19(23)15-18-3-2-14-24-18/h2-7,14H,8-13,15H2,1H3,(H,20,23). The second-order valence-electron chi connectivity index (χ2n) is 6.31. The number of carbonyl (C=O) groups excluding carboxylic acids is 1. The smallest absolute Gasteiger partial charge is 0.225 e. The number of thiophene rings is 1. The molecule has 128 valence electrons. The van der Waals surface area contributed by atoms with Gasteiger partial charge in [-0.1, -0.05) is 18.2 Å². The Labute approximate surface area is 148 Å². The zero-order valence-corrected chi connectivity index (χ0v) is 15.0. The van der Waals surface area contributed by atoms with Gasteiger partial charge in [-0.2, -0.15) is 0 Å². The van der Waals surface area contributed by atoms with Gasteiger partial charge in [0.15, 0.2) is 0 Å². The Morgan fingerprint density at radius 2 is 1.88 bits per heavy atom. The topological polar surface area (TPSA) is 35.6 Å². The lowest BCUT2D eigenvalue weighted by atomic mass is 10.1. The van der Waals surface area contributed by atoms with Crippen LogP contribution in [0.5, 0.6) is 0 Å². The van der Waals surface area contributed by atoms with Crippen molar-refractivity contribution in [3.63, 3.8) is 0 Å². The number of benzene rings is 1. The predicted molar refractivity (Wildman–Crippen MR) is 101 cm³/mol. The first kappa shape index (κ1) is 17.0. The second kappa shape index (κ2) is 8.31. The molecule has 0 aliphatic carbocycles. The van der Waals surface area contributed by atoms with E-state index < -0.39 is 0 Å². The number of hydrogen-bond donors (Lipinski definition) is 1. The number of nitrogens with zero attached hydrogens (tertiary/aromatic N) is 2. The van der Waals surface area contributed by atoms with Gasteiger partial charge in [0.05, 0.1) is 6.42 Å². The van der Waals surface area contributed by atoms with E-state index in [9.17, 15) is 4.79 Å². The molecule has 3 rings (SSSR count). The van der Waals surface area contributed by atoms with Crippen molar-refractivity contribution in [1.29, 1.82) is 0 Å². The van der Waals surface area contributed by atoms with Crippen LogP contribution in [0.4, 0.5) is 5.69 Å². The Kier molecular flexibility index (Phi) is 5.88. The molecule has 1 saturated heterocycles. The Balaban J connectivity index is 1.42. The van der Waals surface area contributed by atoms with Crippen molar-refractivity contribution in [3.8, 4) is 0 Å². The number of rotatable bonds is 6. The van der Waals surface area contributed by atoms with Crippen molar-refractivity contribution in [3.05, 3.63) is 52.2 Å². The highest BCUT2D eigenvalue weighted by Gasteiger charge is 2.13. The maximum Gasteiger partial charge on any atom is 0.225 e. The van der Waals surface area contributed by atoms with Gasteiger partial charge in [-0.25, -0.2) is 0 Å². The Bertz CT molecular complexity index is 631. The molecule has 0 atom stereocenters. The van der Waals surface area contributed by atoms with Gasteiger partial charge in [0, 0.05) is 43.3 Å². The van der Waals surface area contributed by atoms with Crippen LogP contribution in [0.25, 0.3) is 0 Å². The van der Waals surface area contributed by atoms with E-state index in [1.807, 2.05) is 17.5 Å². The Hall–Kier alpha value is -1.85. The third kappa shape index (κ3) is 4.82. The molecule has 24 heavy (non-hydrogen) atoms. The Morgan fingerprint density at radius 3 is 2.54 bits per heavy atom. The lowest BCUT2D eigenvalue weighted by Gasteiger charge is -2.34. The van der Waals surface area contributed by atoms with Crippen LogP contribution in [0.15, 0.2) is 41.8 Å². The van der Waals surface area contributed by atoms with Crippen LogP contribution >= 0.6 is 11.3 Å². The highest BCUT2D eigenvalue weighted by atomic mass is 32.1. The second-order valence-corrected chi connectivity index (χ2v) is 7.35. The van der Waals surface area contributed by atoms with Crippen LogP contribution in [-0.4, -0.2) is 50.6 Å². The summed E-state index contributed by atoms with van der Waals surface area (Å²) in [6.45, 7) is 5.12. The van der Waals surface area contributed by atoms with E-state index in [0.717, 1.165) is 37.5 Å². The minimum absolute atomic E-state index is 0.103. The molecule has 0 spiro atoms. The summed E-state index contributed by atoms with van der Waals surface area (Å²) in [7, 11) is 2.17. The summed E-state index contributed by atoms with van der Waals surface area (Å²) in [6.07, 6.45) is 1.36. The molecule has 0 unspecified atom stereocenters. The molecule has 1 aliphatic heterocycles. The minimum Gasteiger partial charge on any atom is -0.369 e. The highest BCUT2D eigenvalue weighted by molar-refractivity contribution is 7.10. The number of likely N-dealkylation sites (N-methyl/N-ethyl adjacent to an activating group) is 1. The van der Waals surface area contributed by atoms with Crippen molar-refractivity contribution in [2.45, 2.75) is 12.8 Å². The van der Waals surface area contributed by atoms with Gasteiger partial charge in [-0.15, -0.1) is 11.3 Å². The van der Waals surface area contributed by atoms with Crippen LogP contribution < -0.4 is 10.2 Å². The number of anilines is 1. The lowest BCUT2D eigenvalue weighted by Crippen LogP contribution is -2.44. The van der Waals surface area contributed by atoms with Crippen LogP contribution in [0, 0.1) is 0 Å². The molecule has 1 aromatic heterocycles. The molecular formula is C19H25N3OS. The fourth-order valence-corrected chi connectivity index (χ4v) is 3.62. The summed E-state index contributed by atoms with van der Waals surface area (Å²) >= 11 is 1.63. The van der Waals surface area contributed by atoms with Crippen molar-refractivity contribution >= 4 is 22.9 Å². The SMILES string of the molecule is CN1CCN(c2ccc(CCNC(=O)Cc3cccs3)cc2)CC1. The molecule has 0 saturated carbocycles. The summed E-state index contributed by atoms with van der Waals surface area (Å²) in [5, 5.41) is 5.01. The molecule has 5 heteroatoms. The van der Waals surface area contributed by atoms with E-state index >= 15 is 0 Å². The van der Waals surface area contributed by atoms with Gasteiger partial charge in [-0.05, 0) is 42.6 Å². The summed E-state index contributed by atoms with van der Waals surface area (Å²) in [4.78, 5) is 17.8. The van der Waals surface area contributed by atoms with Gasteiger partial charge in [-0.3, -0.25) is 4.79 Å². The molecule has 1 fully saturated rings. The average Bonchev–Trinajstić information content (AvgIpc) is 3.09. The normalized spacial score (nSPS) is 15.5. The van der Waals surface area contributed by atoms with Gasteiger partial charge >= 0.3 is 0 Å². The van der Waals surface area contributed by atoms with Crippen molar-refractivity contribution in [2.75, 3.05) is 44.7 Å². The van der Waals surface area contributed by atoms with Crippen molar-refractivity contribution in [2.24, 2.45) is 0 Å². The van der Waals surface area contributed by atoms with Gasteiger partial charge in [0.25, 0.3) is 0 Å². The maximum absolute atomic E-state index is 11.9. The Morgan fingerprint density at radius 1 is 1.12 bits per heavy atom. The summed E-state index contributed by atoms with van der Waals surface area (Å²) in [5.74, 6) is 0.103. The van der Waals surface area contributed by atoms with Crippen LogP contribution in [0.2, 0.25) is 0 Å². The van der Waals surface area contributed by atoms with Gasteiger partial charge < -0.3 is 15.1 Å². The summed E-state index contributed by atoms with van der Waals surface area (Å²) in [6, 6.07) is 12.7. The average molecular weight is 343 g/mol. The molecular weight excluding hydrogens is 318 g/mol. The molecule has 4 nitrogen and oxygen atoms in total. The number of amides is 1. The first-order valence-electron chi connectivity index (χ1n) is 8.52. The van der Waals surface area contributed by atoms with Gasteiger partial charge in [0.2, 0.25) is 5.91 Å². The van der Waals surface area contributed by atoms with E-state index in [-0.39, 0.29) is 5.91 Å². The number of nitrogens with one attached hydrogen (secondary N) is 1. The molecule has 1 aliphatic rings. The van der Waals surface area contributed by atoms with E-state index in [1.165, 1.54) is 11.3 Å². The molecule has 2 aromatic rings. The number of hydrogen-bond acceptors (Lipinski definition) is 4. The largest absolute Gasteiger partial charge is 0.369 e. The van der Waals surface area contributed by atoms with E-state index in [0.29, 0.717) is 13.0 Å². The molecule has 1 amide bonds. The molecule has 1 aromatic carbocycles. The number of carbonyl (C=O) groups is 1.